The number of nitro benzene ring substituents is 1. The van der Waals surface area contributed by atoms with Crippen LogP contribution in [0.25, 0.3) is 10.9 Å². The van der Waals surface area contributed by atoms with Gasteiger partial charge in [0, 0.05) is 30.2 Å². The standard InChI is InChI=1S/C18H21N3O3/c22-21(23)15-4-5-16-13(11-15)3-6-17(20-16)19-14-7-10-24-18(12-14)8-1-2-9-18/h3-6,11,14H,1-2,7-10,12H2,(H,19,20). The average Bonchev–Trinajstić information content (AvgIpc) is 3.02. The van der Waals surface area contributed by atoms with Crippen LogP contribution in [0.5, 0.6) is 0 Å². The molecule has 1 spiro atoms. The van der Waals surface area contributed by atoms with Gasteiger partial charge in [-0.25, -0.2) is 4.98 Å². The summed E-state index contributed by atoms with van der Waals surface area (Å²) >= 11 is 0. The molecule has 0 radical (unpaired) electrons. The Morgan fingerprint density at radius 1 is 1.25 bits per heavy atom. The number of rotatable bonds is 3. The molecular weight excluding hydrogens is 306 g/mol. The lowest BCUT2D eigenvalue weighted by Crippen LogP contribution is -2.42. The Morgan fingerprint density at radius 2 is 2.08 bits per heavy atom. The van der Waals surface area contributed by atoms with Crippen molar-refractivity contribution in [2.24, 2.45) is 0 Å². The Kier molecular flexibility index (Phi) is 3.84. The molecule has 1 aromatic heterocycles. The molecule has 1 aromatic carbocycles. The Labute approximate surface area is 140 Å². The van der Waals surface area contributed by atoms with Crippen molar-refractivity contribution in [2.45, 2.75) is 50.2 Å². The van der Waals surface area contributed by atoms with Crippen LogP contribution in [0.15, 0.2) is 30.3 Å². The van der Waals surface area contributed by atoms with Crippen LogP contribution in [-0.2, 0) is 4.74 Å². The summed E-state index contributed by atoms with van der Waals surface area (Å²) < 4.78 is 6.08. The smallest absolute Gasteiger partial charge is 0.270 e. The van der Waals surface area contributed by atoms with E-state index in [2.05, 4.69) is 10.3 Å². The predicted molar refractivity (Wildman–Crippen MR) is 92.2 cm³/mol. The van der Waals surface area contributed by atoms with Gasteiger partial charge in [0.1, 0.15) is 5.82 Å². The molecule has 2 heterocycles. The molecule has 6 nitrogen and oxygen atoms in total. The topological polar surface area (TPSA) is 77.3 Å². The molecule has 6 heteroatoms. The molecular formula is C18H21N3O3. The van der Waals surface area contributed by atoms with E-state index in [9.17, 15) is 10.1 Å². The highest BCUT2D eigenvalue weighted by Crippen LogP contribution is 2.40. The molecule has 0 bridgehead atoms. The van der Waals surface area contributed by atoms with E-state index in [1.807, 2.05) is 12.1 Å². The highest BCUT2D eigenvalue weighted by molar-refractivity contribution is 5.82. The monoisotopic (exact) mass is 327 g/mol. The fourth-order valence-electron chi connectivity index (χ4n) is 4.03. The Balaban J connectivity index is 1.52. The number of nitrogens with zero attached hydrogens (tertiary/aromatic N) is 2. The molecule has 4 rings (SSSR count). The third-order valence-corrected chi connectivity index (χ3v) is 5.24. The summed E-state index contributed by atoms with van der Waals surface area (Å²) in [7, 11) is 0. The SMILES string of the molecule is O=[N+]([O-])c1ccc2nc(NC3CCOC4(CCCC4)C3)ccc2c1. The molecule has 126 valence electrons. The molecule has 1 unspecified atom stereocenters. The van der Waals surface area contributed by atoms with Gasteiger partial charge in [0.2, 0.25) is 0 Å². The quantitative estimate of drug-likeness (QED) is 0.680. The summed E-state index contributed by atoms with van der Waals surface area (Å²) in [5.74, 6) is 0.830. The fraction of sp³-hybridized carbons (Fsp3) is 0.500. The van der Waals surface area contributed by atoms with E-state index in [4.69, 9.17) is 4.74 Å². The number of hydrogen-bond acceptors (Lipinski definition) is 5. The highest BCUT2D eigenvalue weighted by Gasteiger charge is 2.39. The van der Waals surface area contributed by atoms with Crippen LogP contribution in [0.3, 0.4) is 0 Å². The summed E-state index contributed by atoms with van der Waals surface area (Å²) in [5.41, 5.74) is 0.943. The van der Waals surface area contributed by atoms with E-state index in [1.54, 1.807) is 12.1 Å². The van der Waals surface area contributed by atoms with Crippen molar-refractivity contribution in [3.8, 4) is 0 Å². The third-order valence-electron chi connectivity index (χ3n) is 5.24. The summed E-state index contributed by atoms with van der Waals surface area (Å²) in [6, 6.07) is 8.95. The second kappa shape index (κ2) is 6.02. The van der Waals surface area contributed by atoms with Crippen molar-refractivity contribution in [1.82, 2.24) is 4.98 Å². The number of pyridine rings is 1. The molecule has 1 aliphatic carbocycles. The molecule has 1 saturated carbocycles. The second-order valence-corrected chi connectivity index (χ2v) is 6.90. The van der Waals surface area contributed by atoms with Gasteiger partial charge in [0.05, 0.1) is 16.0 Å². The fourth-order valence-corrected chi connectivity index (χ4v) is 4.03. The van der Waals surface area contributed by atoms with Crippen molar-refractivity contribution in [3.63, 3.8) is 0 Å². The van der Waals surface area contributed by atoms with Crippen molar-refractivity contribution in [3.05, 3.63) is 40.4 Å². The van der Waals surface area contributed by atoms with E-state index in [-0.39, 0.29) is 16.2 Å². The highest BCUT2D eigenvalue weighted by atomic mass is 16.6. The summed E-state index contributed by atoms with van der Waals surface area (Å²) in [5, 5.41) is 15.2. The molecule has 1 saturated heterocycles. The zero-order valence-corrected chi connectivity index (χ0v) is 13.5. The Morgan fingerprint density at radius 3 is 2.88 bits per heavy atom. The number of non-ortho nitro benzene ring substituents is 1. The number of ether oxygens (including phenoxy) is 1. The molecule has 2 aromatic rings. The van der Waals surface area contributed by atoms with Gasteiger partial charge in [-0.3, -0.25) is 10.1 Å². The van der Waals surface area contributed by atoms with Crippen molar-refractivity contribution in [2.75, 3.05) is 11.9 Å². The average molecular weight is 327 g/mol. The van der Waals surface area contributed by atoms with E-state index in [1.165, 1.54) is 31.7 Å². The first-order valence-electron chi connectivity index (χ1n) is 8.59. The zero-order valence-electron chi connectivity index (χ0n) is 13.5. The lowest BCUT2D eigenvalue weighted by molar-refractivity contribution is -0.384. The van der Waals surface area contributed by atoms with Crippen LogP contribution < -0.4 is 5.32 Å². The van der Waals surface area contributed by atoms with Crippen LogP contribution >= 0.6 is 0 Å². The van der Waals surface area contributed by atoms with Crippen molar-refractivity contribution in [1.29, 1.82) is 0 Å². The third kappa shape index (κ3) is 2.94. The largest absolute Gasteiger partial charge is 0.375 e. The normalized spacial score (nSPS) is 22.8. The summed E-state index contributed by atoms with van der Waals surface area (Å²) in [4.78, 5) is 15.1. The Bertz CT molecular complexity index is 771. The summed E-state index contributed by atoms with van der Waals surface area (Å²) in [6.45, 7) is 0.803. The van der Waals surface area contributed by atoms with Crippen molar-refractivity contribution < 1.29 is 9.66 Å². The molecule has 2 fully saturated rings. The maximum Gasteiger partial charge on any atom is 0.270 e. The van der Waals surface area contributed by atoms with E-state index < -0.39 is 0 Å². The number of hydrogen-bond donors (Lipinski definition) is 1. The van der Waals surface area contributed by atoms with Gasteiger partial charge in [-0.15, -0.1) is 0 Å². The van der Waals surface area contributed by atoms with Crippen LogP contribution in [0.2, 0.25) is 0 Å². The van der Waals surface area contributed by atoms with Gasteiger partial charge in [-0.1, -0.05) is 12.8 Å². The molecule has 2 aliphatic rings. The predicted octanol–water partition coefficient (Wildman–Crippen LogP) is 4.05. The lowest BCUT2D eigenvalue weighted by Gasteiger charge is -2.38. The van der Waals surface area contributed by atoms with Crippen LogP contribution in [0.1, 0.15) is 38.5 Å². The molecule has 24 heavy (non-hydrogen) atoms. The van der Waals surface area contributed by atoms with Crippen molar-refractivity contribution >= 4 is 22.4 Å². The number of nitro groups is 1. The first-order chi connectivity index (χ1) is 11.6. The first kappa shape index (κ1) is 15.3. The lowest BCUT2D eigenvalue weighted by atomic mass is 9.89. The van der Waals surface area contributed by atoms with Gasteiger partial charge >= 0.3 is 0 Å². The van der Waals surface area contributed by atoms with Gasteiger partial charge in [-0.2, -0.15) is 0 Å². The molecule has 1 aliphatic heterocycles. The minimum atomic E-state index is -0.380. The van der Waals surface area contributed by atoms with Crippen LogP contribution in [0, 0.1) is 10.1 Å². The summed E-state index contributed by atoms with van der Waals surface area (Å²) in [6.07, 6.45) is 6.88. The van der Waals surface area contributed by atoms with E-state index in [0.717, 1.165) is 36.2 Å². The number of nitrogens with one attached hydrogen (secondary N) is 1. The number of fused-ring (bicyclic) bond motifs is 1. The number of aromatic nitrogens is 1. The van der Waals surface area contributed by atoms with E-state index in [0.29, 0.717) is 6.04 Å². The maximum absolute atomic E-state index is 10.9. The minimum absolute atomic E-state index is 0.0768. The first-order valence-corrected chi connectivity index (χ1v) is 8.59. The molecule has 1 atom stereocenters. The number of benzene rings is 1. The minimum Gasteiger partial charge on any atom is -0.375 e. The van der Waals surface area contributed by atoms with Gasteiger partial charge in [-0.05, 0) is 43.9 Å². The van der Waals surface area contributed by atoms with Crippen LogP contribution in [-0.4, -0.2) is 28.2 Å². The van der Waals surface area contributed by atoms with Gasteiger partial charge < -0.3 is 10.1 Å². The van der Waals surface area contributed by atoms with Gasteiger partial charge in [0.15, 0.2) is 0 Å². The maximum atomic E-state index is 10.9. The zero-order chi connectivity index (χ0) is 16.6. The van der Waals surface area contributed by atoms with Gasteiger partial charge in [0.25, 0.3) is 5.69 Å². The molecule has 0 amide bonds. The number of anilines is 1. The Hall–Kier alpha value is -2.21. The molecule has 1 N–H and O–H groups in total. The van der Waals surface area contributed by atoms with E-state index >= 15 is 0 Å². The van der Waals surface area contributed by atoms with Crippen LogP contribution in [0.4, 0.5) is 11.5 Å². The second-order valence-electron chi connectivity index (χ2n) is 6.90.